The quantitative estimate of drug-likeness (QED) is 0.627. The zero-order valence-corrected chi connectivity index (χ0v) is 11.4. The van der Waals surface area contributed by atoms with E-state index in [0.717, 1.165) is 44.9 Å². The van der Waals surface area contributed by atoms with E-state index in [1.165, 1.54) is 0 Å². The van der Waals surface area contributed by atoms with Gasteiger partial charge < -0.3 is 14.2 Å². The highest BCUT2D eigenvalue weighted by Gasteiger charge is 2.38. The van der Waals surface area contributed by atoms with Gasteiger partial charge in [-0.1, -0.05) is 18.2 Å². The third-order valence-corrected chi connectivity index (χ3v) is 4.10. The Morgan fingerprint density at radius 2 is 1.65 bits per heavy atom. The van der Waals surface area contributed by atoms with Crippen LogP contribution in [0.2, 0.25) is 0 Å². The second-order valence-corrected chi connectivity index (χ2v) is 5.91. The lowest BCUT2D eigenvalue weighted by atomic mass is 9.94. The molecule has 20 heavy (non-hydrogen) atoms. The van der Waals surface area contributed by atoms with Gasteiger partial charge in [-0.25, -0.2) is 0 Å². The van der Waals surface area contributed by atoms with E-state index >= 15 is 0 Å². The maximum atomic E-state index is 12.6. The lowest BCUT2D eigenvalue weighted by molar-refractivity contribution is -0.119. The van der Waals surface area contributed by atoms with Gasteiger partial charge in [0, 0.05) is 19.5 Å². The second kappa shape index (κ2) is 5.07. The Morgan fingerprint density at radius 1 is 1.05 bits per heavy atom. The summed E-state index contributed by atoms with van der Waals surface area (Å²) in [6.45, 7) is 4.03. The van der Waals surface area contributed by atoms with Gasteiger partial charge in [0.1, 0.15) is 0 Å². The monoisotopic (exact) mass is 277 g/mol. The summed E-state index contributed by atoms with van der Waals surface area (Å²) in [7, 11) is 0. The molecule has 3 aliphatic heterocycles. The predicted octanol–water partition coefficient (Wildman–Crippen LogP) is 0.309. The van der Waals surface area contributed by atoms with E-state index in [4.69, 9.17) is 14.2 Å². The molecule has 3 fully saturated rings. The molecule has 4 atom stereocenters. The summed E-state index contributed by atoms with van der Waals surface area (Å²) in [6.07, 6.45) is 7.49. The van der Waals surface area contributed by atoms with Gasteiger partial charge in [0.05, 0.1) is 44.2 Å². The summed E-state index contributed by atoms with van der Waals surface area (Å²) in [6, 6.07) is -0.165. The van der Waals surface area contributed by atoms with Crippen LogP contribution in [0, 0.1) is 0 Å². The van der Waals surface area contributed by atoms with Gasteiger partial charge in [-0.05, 0) is 5.57 Å². The van der Waals surface area contributed by atoms with Crippen LogP contribution in [0.1, 0.15) is 6.42 Å². The number of rotatable bonds is 7. The van der Waals surface area contributed by atoms with E-state index in [0.29, 0.717) is 0 Å². The fraction of sp³-hybridized carbons (Fsp3) is 0.667. The van der Waals surface area contributed by atoms with Crippen LogP contribution in [0.4, 0.5) is 0 Å². The van der Waals surface area contributed by atoms with Gasteiger partial charge in [0.25, 0.3) is 0 Å². The number of ether oxygens (including phenoxy) is 3. The van der Waals surface area contributed by atoms with Crippen molar-refractivity contribution in [2.45, 2.75) is 30.8 Å². The number of carbonyl (C=O) groups is 1. The van der Waals surface area contributed by atoms with Crippen molar-refractivity contribution in [2.24, 2.45) is 0 Å². The highest BCUT2D eigenvalue weighted by molar-refractivity contribution is 6.02. The molecular weight excluding hydrogens is 258 g/mol. The van der Waals surface area contributed by atoms with Gasteiger partial charge in [0.2, 0.25) is 0 Å². The SMILES string of the molecule is O=C1C(CC2CO2)=CC=CC1N(CC1CO1)CC1CO1. The summed E-state index contributed by atoms with van der Waals surface area (Å²) in [5.41, 5.74) is 0.887. The molecule has 5 nitrogen and oxygen atoms in total. The number of allylic oxidation sites excluding steroid dienone is 2. The first kappa shape index (κ1) is 12.7. The predicted molar refractivity (Wildman–Crippen MR) is 71.4 cm³/mol. The summed E-state index contributed by atoms with van der Waals surface area (Å²) in [4.78, 5) is 14.8. The molecule has 0 saturated carbocycles. The molecule has 3 heterocycles. The summed E-state index contributed by atoms with van der Waals surface area (Å²) < 4.78 is 15.9. The zero-order chi connectivity index (χ0) is 13.5. The van der Waals surface area contributed by atoms with E-state index in [1.54, 1.807) is 0 Å². The van der Waals surface area contributed by atoms with Crippen molar-refractivity contribution in [3.8, 4) is 0 Å². The van der Waals surface area contributed by atoms with Crippen LogP contribution in [0.15, 0.2) is 23.8 Å². The largest absolute Gasteiger partial charge is 0.373 e. The van der Waals surface area contributed by atoms with Gasteiger partial charge in [-0.15, -0.1) is 0 Å². The highest BCUT2D eigenvalue weighted by Crippen LogP contribution is 2.26. The van der Waals surface area contributed by atoms with Crippen molar-refractivity contribution in [1.82, 2.24) is 4.90 Å². The Bertz CT molecular complexity index is 446. The number of nitrogens with zero attached hydrogens (tertiary/aromatic N) is 1. The van der Waals surface area contributed by atoms with Crippen LogP contribution in [-0.4, -0.2) is 67.9 Å². The van der Waals surface area contributed by atoms with Crippen molar-refractivity contribution in [2.75, 3.05) is 32.9 Å². The minimum absolute atomic E-state index is 0.165. The Balaban J connectivity index is 1.44. The summed E-state index contributed by atoms with van der Waals surface area (Å²) >= 11 is 0. The van der Waals surface area contributed by atoms with Crippen molar-refractivity contribution < 1.29 is 19.0 Å². The minimum atomic E-state index is -0.165. The lowest BCUT2D eigenvalue weighted by Crippen LogP contribution is -2.45. The molecular formula is C15H19NO4. The number of Topliss-reactive ketones (excluding diaryl/α,β-unsaturated/α-hetero) is 1. The molecule has 3 saturated heterocycles. The first-order valence-electron chi connectivity index (χ1n) is 7.30. The molecule has 0 N–H and O–H groups in total. The fourth-order valence-electron chi connectivity index (χ4n) is 2.70. The van der Waals surface area contributed by atoms with Crippen LogP contribution in [0.25, 0.3) is 0 Å². The van der Waals surface area contributed by atoms with Crippen molar-refractivity contribution >= 4 is 5.78 Å². The molecule has 4 unspecified atom stereocenters. The van der Waals surface area contributed by atoms with Gasteiger partial charge in [-0.3, -0.25) is 9.69 Å². The molecule has 4 aliphatic rings. The normalized spacial score (nSPS) is 38.0. The smallest absolute Gasteiger partial charge is 0.179 e. The number of epoxide rings is 3. The van der Waals surface area contributed by atoms with Crippen molar-refractivity contribution in [3.63, 3.8) is 0 Å². The minimum Gasteiger partial charge on any atom is -0.373 e. The summed E-state index contributed by atoms with van der Waals surface area (Å²) in [5, 5.41) is 0. The van der Waals surface area contributed by atoms with Gasteiger partial charge in [-0.2, -0.15) is 0 Å². The molecule has 0 spiro atoms. The zero-order valence-electron chi connectivity index (χ0n) is 11.4. The molecule has 0 radical (unpaired) electrons. The number of carbonyl (C=O) groups excluding carboxylic acids is 1. The number of ketones is 1. The Kier molecular flexibility index (Phi) is 3.22. The first-order chi connectivity index (χ1) is 9.79. The summed E-state index contributed by atoms with van der Waals surface area (Å²) in [5.74, 6) is 0.212. The number of hydrogen-bond donors (Lipinski definition) is 0. The van der Waals surface area contributed by atoms with Crippen molar-refractivity contribution in [3.05, 3.63) is 23.8 Å². The van der Waals surface area contributed by atoms with Crippen LogP contribution in [0.3, 0.4) is 0 Å². The van der Waals surface area contributed by atoms with Crippen LogP contribution >= 0.6 is 0 Å². The molecule has 0 amide bonds. The van der Waals surface area contributed by atoms with Gasteiger partial charge >= 0.3 is 0 Å². The van der Waals surface area contributed by atoms with E-state index in [1.807, 2.05) is 18.2 Å². The molecule has 4 rings (SSSR count). The van der Waals surface area contributed by atoms with E-state index in [9.17, 15) is 4.79 Å². The van der Waals surface area contributed by atoms with Crippen molar-refractivity contribution in [1.29, 1.82) is 0 Å². The topological polar surface area (TPSA) is 57.9 Å². The van der Waals surface area contributed by atoms with Crippen LogP contribution < -0.4 is 0 Å². The van der Waals surface area contributed by atoms with Gasteiger partial charge in [0.15, 0.2) is 5.78 Å². The second-order valence-electron chi connectivity index (χ2n) is 5.91. The Hall–Kier alpha value is -1.01. The average molecular weight is 277 g/mol. The highest BCUT2D eigenvalue weighted by atomic mass is 16.6. The van der Waals surface area contributed by atoms with E-state index in [-0.39, 0.29) is 30.1 Å². The maximum Gasteiger partial charge on any atom is 0.179 e. The van der Waals surface area contributed by atoms with Crippen LogP contribution in [-0.2, 0) is 19.0 Å². The number of hydrogen-bond acceptors (Lipinski definition) is 5. The first-order valence-corrected chi connectivity index (χ1v) is 7.30. The Labute approximate surface area is 118 Å². The molecule has 0 bridgehead atoms. The average Bonchev–Trinajstić information content (AvgIpc) is 3.25. The third kappa shape index (κ3) is 3.01. The lowest BCUT2D eigenvalue weighted by Gasteiger charge is -2.29. The fourth-order valence-corrected chi connectivity index (χ4v) is 2.70. The maximum absolute atomic E-state index is 12.6. The molecule has 0 aromatic carbocycles. The third-order valence-electron chi connectivity index (χ3n) is 4.10. The molecule has 5 heteroatoms. The molecule has 0 aromatic rings. The van der Waals surface area contributed by atoms with Crippen LogP contribution in [0.5, 0.6) is 0 Å². The molecule has 108 valence electrons. The Morgan fingerprint density at radius 3 is 2.20 bits per heavy atom. The standard InChI is InChI=1S/C15H19NO4/c17-15-10(4-11-7-18-11)2-1-3-14(15)16(5-12-8-19-12)6-13-9-20-13/h1-3,11-14H,4-9H2. The van der Waals surface area contributed by atoms with E-state index in [2.05, 4.69) is 4.90 Å². The molecule has 1 aliphatic carbocycles. The van der Waals surface area contributed by atoms with E-state index < -0.39 is 0 Å². The molecule has 0 aromatic heterocycles.